The van der Waals surface area contributed by atoms with Gasteiger partial charge < -0.3 is 10.6 Å². The van der Waals surface area contributed by atoms with E-state index in [1.807, 2.05) is 12.1 Å². The Kier molecular flexibility index (Phi) is 4.73. The normalized spacial score (nSPS) is 10.0. The van der Waals surface area contributed by atoms with Gasteiger partial charge in [0.1, 0.15) is 5.69 Å². The van der Waals surface area contributed by atoms with Crippen molar-refractivity contribution in [2.24, 2.45) is 0 Å². The van der Waals surface area contributed by atoms with Crippen LogP contribution in [0.4, 0.5) is 17.1 Å². The van der Waals surface area contributed by atoms with E-state index in [2.05, 4.69) is 33.2 Å². The summed E-state index contributed by atoms with van der Waals surface area (Å²) in [6, 6.07) is 11.6. The summed E-state index contributed by atoms with van der Waals surface area (Å²) in [5.74, 6) is -0.317. The number of carbonyl (C=O) groups is 1. The molecule has 1 amide bonds. The van der Waals surface area contributed by atoms with E-state index < -0.39 is 4.92 Å². The molecule has 0 atom stereocenters. The van der Waals surface area contributed by atoms with Gasteiger partial charge in [0, 0.05) is 27.9 Å². The maximum atomic E-state index is 12.1. The third-order valence-corrected chi connectivity index (χ3v) is 3.55. The van der Waals surface area contributed by atoms with Crippen molar-refractivity contribution in [1.29, 1.82) is 0 Å². The van der Waals surface area contributed by atoms with E-state index >= 15 is 0 Å². The van der Waals surface area contributed by atoms with Crippen LogP contribution in [0.5, 0.6) is 0 Å². The van der Waals surface area contributed by atoms with Gasteiger partial charge in [0.05, 0.1) is 4.92 Å². The predicted octanol–water partition coefficient (Wildman–Crippen LogP) is 3.49. The number of rotatable bonds is 4. The smallest absolute Gasteiger partial charge is 0.292 e. The maximum absolute atomic E-state index is 12.1. The van der Waals surface area contributed by atoms with E-state index in [0.29, 0.717) is 16.9 Å². The highest BCUT2D eigenvalue weighted by Gasteiger charge is 2.15. The fourth-order valence-electron chi connectivity index (χ4n) is 1.77. The molecule has 6 nitrogen and oxygen atoms in total. The lowest BCUT2D eigenvalue weighted by Gasteiger charge is -2.07. The molecule has 0 unspecified atom stereocenters. The Labute approximate surface area is 134 Å². The van der Waals surface area contributed by atoms with Crippen molar-refractivity contribution in [3.05, 3.63) is 61.7 Å². The topological polar surface area (TPSA) is 84.3 Å². The van der Waals surface area contributed by atoms with Crippen LogP contribution in [-0.2, 0) is 0 Å². The molecule has 2 rings (SSSR count). The zero-order valence-corrected chi connectivity index (χ0v) is 13.2. The zero-order valence-electron chi connectivity index (χ0n) is 11.1. The number of carbonyl (C=O) groups excluding carboxylic acids is 1. The summed E-state index contributed by atoms with van der Waals surface area (Å²) in [5.41, 5.74) is 1.26. The highest BCUT2D eigenvalue weighted by Crippen LogP contribution is 2.25. The summed E-state index contributed by atoms with van der Waals surface area (Å²) >= 11 is 2.18. The Balaban J connectivity index is 2.23. The summed E-state index contributed by atoms with van der Waals surface area (Å²) in [6.45, 7) is 0. The second-order valence-corrected chi connectivity index (χ2v) is 5.45. The number of nitro groups is 1. The molecule has 0 radical (unpaired) electrons. The molecular formula is C14H12IN3O3. The lowest BCUT2D eigenvalue weighted by atomic mass is 10.1. The first-order valence-electron chi connectivity index (χ1n) is 6.04. The van der Waals surface area contributed by atoms with Crippen LogP contribution < -0.4 is 10.6 Å². The van der Waals surface area contributed by atoms with Gasteiger partial charge in [0.2, 0.25) is 0 Å². The second-order valence-electron chi connectivity index (χ2n) is 4.20. The molecule has 108 valence electrons. The highest BCUT2D eigenvalue weighted by atomic mass is 127. The van der Waals surface area contributed by atoms with Crippen LogP contribution in [0.3, 0.4) is 0 Å². The molecule has 7 heteroatoms. The minimum atomic E-state index is -0.493. The van der Waals surface area contributed by atoms with E-state index in [9.17, 15) is 14.9 Å². The molecule has 2 aromatic rings. The Morgan fingerprint density at radius 1 is 1.19 bits per heavy atom. The molecule has 0 saturated carbocycles. The molecular weight excluding hydrogens is 385 g/mol. The van der Waals surface area contributed by atoms with Crippen LogP contribution in [0.25, 0.3) is 0 Å². The number of nitrogens with zero attached hydrogens (tertiary/aromatic N) is 1. The number of nitrogens with one attached hydrogen (secondary N) is 2. The molecule has 2 N–H and O–H groups in total. The van der Waals surface area contributed by atoms with Gasteiger partial charge in [-0.15, -0.1) is 0 Å². The Morgan fingerprint density at radius 3 is 2.43 bits per heavy atom. The van der Waals surface area contributed by atoms with Crippen LogP contribution in [0.2, 0.25) is 0 Å². The van der Waals surface area contributed by atoms with Gasteiger partial charge in [-0.1, -0.05) is 0 Å². The molecule has 21 heavy (non-hydrogen) atoms. The van der Waals surface area contributed by atoms with Crippen LogP contribution in [0.1, 0.15) is 10.4 Å². The fraction of sp³-hybridized carbons (Fsp3) is 0.0714. The van der Waals surface area contributed by atoms with Crippen LogP contribution in [-0.4, -0.2) is 17.9 Å². The summed E-state index contributed by atoms with van der Waals surface area (Å²) < 4.78 is 1.07. The average molecular weight is 397 g/mol. The summed E-state index contributed by atoms with van der Waals surface area (Å²) in [4.78, 5) is 22.5. The summed E-state index contributed by atoms with van der Waals surface area (Å²) in [6.07, 6.45) is 0. The van der Waals surface area contributed by atoms with Gasteiger partial charge in [-0.25, -0.2) is 0 Å². The molecule has 0 saturated heterocycles. The van der Waals surface area contributed by atoms with E-state index in [-0.39, 0.29) is 11.6 Å². The highest BCUT2D eigenvalue weighted by molar-refractivity contribution is 14.1. The lowest BCUT2D eigenvalue weighted by Crippen LogP contribution is -2.12. The number of halogens is 1. The predicted molar refractivity (Wildman–Crippen MR) is 89.8 cm³/mol. The van der Waals surface area contributed by atoms with Gasteiger partial charge in [0.25, 0.3) is 11.6 Å². The molecule has 0 bridgehead atoms. The van der Waals surface area contributed by atoms with Gasteiger partial charge in [-0.3, -0.25) is 14.9 Å². The number of amides is 1. The van der Waals surface area contributed by atoms with Crippen molar-refractivity contribution < 1.29 is 9.72 Å². The Hall–Kier alpha value is -2.16. The van der Waals surface area contributed by atoms with Crippen molar-refractivity contribution in [3.63, 3.8) is 0 Å². The number of anilines is 2. The first-order valence-corrected chi connectivity index (χ1v) is 7.12. The molecule has 0 aliphatic carbocycles. The number of benzene rings is 2. The van der Waals surface area contributed by atoms with E-state index in [1.165, 1.54) is 18.2 Å². The van der Waals surface area contributed by atoms with E-state index in [4.69, 9.17) is 0 Å². The third-order valence-electron chi connectivity index (χ3n) is 2.83. The van der Waals surface area contributed by atoms with Crippen molar-refractivity contribution >= 4 is 45.6 Å². The largest absolute Gasteiger partial charge is 0.383 e. The Bertz CT molecular complexity index is 686. The molecule has 2 aromatic carbocycles. The van der Waals surface area contributed by atoms with Crippen LogP contribution in [0.15, 0.2) is 42.5 Å². The molecule has 0 fully saturated rings. The standard InChI is InChI=1S/C14H12IN3O3/c1-16-12-8-9(2-7-13(12)18(20)21)14(19)17-11-5-3-10(15)4-6-11/h2-8,16H,1H3,(H,17,19). The monoisotopic (exact) mass is 397 g/mol. The summed E-state index contributed by atoms with van der Waals surface area (Å²) in [7, 11) is 1.57. The first-order chi connectivity index (χ1) is 10.0. The van der Waals surface area contributed by atoms with Gasteiger partial charge in [-0.2, -0.15) is 0 Å². The number of hydrogen-bond donors (Lipinski definition) is 2. The van der Waals surface area contributed by atoms with E-state index in [0.717, 1.165) is 3.57 Å². The number of nitro benzene ring substituents is 1. The molecule has 0 heterocycles. The third kappa shape index (κ3) is 3.69. The zero-order chi connectivity index (χ0) is 15.4. The van der Waals surface area contributed by atoms with Gasteiger partial charge in [-0.05, 0) is 59.0 Å². The minimum absolute atomic E-state index is 0.0664. The molecule has 0 aliphatic rings. The van der Waals surface area contributed by atoms with Crippen LogP contribution in [0, 0.1) is 13.7 Å². The lowest BCUT2D eigenvalue weighted by molar-refractivity contribution is -0.383. The fourth-order valence-corrected chi connectivity index (χ4v) is 2.13. The Morgan fingerprint density at radius 2 is 1.86 bits per heavy atom. The SMILES string of the molecule is CNc1cc(C(=O)Nc2ccc(I)cc2)ccc1[N+](=O)[O-]. The first kappa shape index (κ1) is 15.2. The molecule has 0 aliphatic heterocycles. The number of hydrogen-bond acceptors (Lipinski definition) is 4. The second kappa shape index (κ2) is 6.53. The van der Waals surface area contributed by atoms with Crippen molar-refractivity contribution in [2.45, 2.75) is 0 Å². The molecule has 0 spiro atoms. The maximum Gasteiger partial charge on any atom is 0.292 e. The van der Waals surface area contributed by atoms with Gasteiger partial charge in [0.15, 0.2) is 0 Å². The molecule has 0 aromatic heterocycles. The van der Waals surface area contributed by atoms with Crippen molar-refractivity contribution in [2.75, 3.05) is 17.7 Å². The van der Waals surface area contributed by atoms with Crippen LogP contribution >= 0.6 is 22.6 Å². The quantitative estimate of drug-likeness (QED) is 0.470. The summed E-state index contributed by atoms with van der Waals surface area (Å²) in [5, 5.41) is 16.3. The van der Waals surface area contributed by atoms with Gasteiger partial charge >= 0.3 is 0 Å². The average Bonchev–Trinajstić information content (AvgIpc) is 2.48. The van der Waals surface area contributed by atoms with Crippen molar-refractivity contribution in [3.8, 4) is 0 Å². The van der Waals surface area contributed by atoms with E-state index in [1.54, 1.807) is 19.2 Å². The van der Waals surface area contributed by atoms with Crippen molar-refractivity contribution in [1.82, 2.24) is 0 Å². The minimum Gasteiger partial charge on any atom is -0.383 e.